The second-order valence-corrected chi connectivity index (χ2v) is 12.2. The van der Waals surface area contributed by atoms with Gasteiger partial charge >= 0.3 is 5.97 Å². The van der Waals surface area contributed by atoms with Gasteiger partial charge in [0.15, 0.2) is 0 Å². The molecule has 0 saturated carbocycles. The van der Waals surface area contributed by atoms with Gasteiger partial charge in [0, 0.05) is 24.3 Å². The number of hydrogen-bond donors (Lipinski definition) is 12. The average molecular weight is 743 g/mol. The second-order valence-electron chi connectivity index (χ2n) is 11.5. The second kappa shape index (κ2) is 21.5. The van der Waals surface area contributed by atoms with Gasteiger partial charge in [-0.05, 0) is 30.0 Å². The molecule has 1 rings (SSSR count). The number of carboxylic acid groups (broad SMARTS) is 1. The fourth-order valence-electron chi connectivity index (χ4n) is 4.35. The van der Waals surface area contributed by atoms with Crippen LogP contribution in [0.4, 0.5) is 0 Å². The van der Waals surface area contributed by atoms with Crippen molar-refractivity contribution in [3.63, 3.8) is 0 Å². The number of amides is 7. The number of benzene rings is 1. The molecule has 7 amide bonds. The molecule has 0 aromatic heterocycles. The van der Waals surface area contributed by atoms with E-state index in [2.05, 4.69) is 51.8 Å². The van der Waals surface area contributed by atoms with E-state index in [0.29, 0.717) is 12.0 Å². The molecule has 0 aliphatic heterocycles. The third-order valence-corrected chi connectivity index (χ3v) is 8.24. The number of thiol groups is 2. The van der Waals surface area contributed by atoms with Gasteiger partial charge in [0.25, 0.3) is 0 Å². The number of aromatic hydroxyl groups is 1. The molecule has 50 heavy (non-hydrogen) atoms. The monoisotopic (exact) mass is 742 g/mol. The van der Waals surface area contributed by atoms with E-state index in [1.165, 1.54) is 24.3 Å². The number of carboxylic acids is 1. The number of nitrogens with one attached hydrogen (secondary N) is 5. The minimum absolute atomic E-state index is 0.0245. The predicted octanol–water partition coefficient (Wildman–Crippen LogP) is -3.18. The summed E-state index contributed by atoms with van der Waals surface area (Å²) >= 11 is 7.87. The van der Waals surface area contributed by atoms with Crippen LogP contribution >= 0.6 is 25.3 Å². The maximum Gasteiger partial charge on any atom is 0.327 e. The molecule has 0 radical (unpaired) electrons. The first-order valence-electron chi connectivity index (χ1n) is 15.5. The Kier molecular flexibility index (Phi) is 18.7. The first-order chi connectivity index (χ1) is 23.4. The average Bonchev–Trinajstić information content (AvgIpc) is 3.06. The molecule has 278 valence electrons. The molecule has 1 aromatic rings. The molecule has 18 nitrogen and oxygen atoms in total. The van der Waals surface area contributed by atoms with Crippen molar-refractivity contribution in [3.05, 3.63) is 29.8 Å². The van der Waals surface area contributed by atoms with E-state index in [-0.39, 0.29) is 30.1 Å². The van der Waals surface area contributed by atoms with Crippen molar-refractivity contribution in [1.82, 2.24) is 26.6 Å². The highest BCUT2D eigenvalue weighted by Crippen LogP contribution is 2.14. The summed E-state index contributed by atoms with van der Waals surface area (Å²) in [6.45, 7) is 3.37. The molecule has 0 aliphatic carbocycles. The number of phenolic OH excluding ortho intramolecular Hbond substituents is 1. The maximum atomic E-state index is 13.7. The van der Waals surface area contributed by atoms with Crippen molar-refractivity contribution in [3.8, 4) is 5.75 Å². The summed E-state index contributed by atoms with van der Waals surface area (Å²) in [5.41, 5.74) is 16.8. The molecule has 20 heteroatoms. The third kappa shape index (κ3) is 14.9. The third-order valence-electron chi connectivity index (χ3n) is 7.48. The highest BCUT2D eigenvalue weighted by molar-refractivity contribution is 7.80. The van der Waals surface area contributed by atoms with Crippen LogP contribution in [-0.2, 0) is 44.8 Å². The van der Waals surface area contributed by atoms with Crippen LogP contribution in [0, 0.1) is 5.92 Å². The van der Waals surface area contributed by atoms with Crippen molar-refractivity contribution in [2.75, 3.05) is 11.5 Å². The summed E-state index contributed by atoms with van der Waals surface area (Å²) in [6.07, 6.45) is -1.22. The summed E-state index contributed by atoms with van der Waals surface area (Å²) in [7, 11) is 0. The van der Waals surface area contributed by atoms with E-state index in [1.54, 1.807) is 13.8 Å². The summed E-state index contributed by atoms with van der Waals surface area (Å²) in [6, 6.07) is -2.44. The normalized spacial score (nSPS) is 15.1. The number of aliphatic carboxylic acids is 1. The van der Waals surface area contributed by atoms with Gasteiger partial charge < -0.3 is 54.0 Å². The maximum absolute atomic E-state index is 13.7. The molecule has 0 heterocycles. The van der Waals surface area contributed by atoms with Crippen LogP contribution in [0.2, 0.25) is 0 Å². The lowest BCUT2D eigenvalue weighted by Crippen LogP contribution is -2.61. The van der Waals surface area contributed by atoms with E-state index in [4.69, 9.17) is 17.2 Å². The molecule has 13 N–H and O–H groups in total. The van der Waals surface area contributed by atoms with Crippen LogP contribution in [-0.4, -0.2) is 105 Å². The molecule has 0 unspecified atom stereocenters. The fourth-order valence-corrected chi connectivity index (χ4v) is 4.77. The Hall–Kier alpha value is -4.56. The number of carbonyl (C=O) groups is 8. The molecule has 0 fully saturated rings. The van der Waals surface area contributed by atoms with Gasteiger partial charge in [0.2, 0.25) is 41.4 Å². The molecule has 0 bridgehead atoms. The lowest BCUT2D eigenvalue weighted by molar-refractivity contribution is -0.141. The zero-order valence-electron chi connectivity index (χ0n) is 27.6. The Morgan fingerprint density at radius 3 is 1.74 bits per heavy atom. The van der Waals surface area contributed by atoms with Crippen molar-refractivity contribution in [1.29, 1.82) is 0 Å². The summed E-state index contributed by atoms with van der Waals surface area (Å²) in [5, 5.41) is 30.9. The molecular formula is C30H46N8O10S2. The summed E-state index contributed by atoms with van der Waals surface area (Å²) < 4.78 is 0. The molecule has 0 aliphatic rings. The number of nitrogens with two attached hydrogens (primary N) is 3. The fraction of sp³-hybridized carbons (Fsp3) is 0.533. The predicted molar refractivity (Wildman–Crippen MR) is 186 cm³/mol. The van der Waals surface area contributed by atoms with Crippen LogP contribution in [0.3, 0.4) is 0 Å². The molecule has 0 spiro atoms. The highest BCUT2D eigenvalue weighted by Gasteiger charge is 2.35. The van der Waals surface area contributed by atoms with E-state index < -0.39 is 102 Å². The van der Waals surface area contributed by atoms with Gasteiger partial charge in [-0.1, -0.05) is 32.4 Å². The first-order valence-corrected chi connectivity index (χ1v) is 16.8. The quantitative estimate of drug-likeness (QED) is 0.0526. The Morgan fingerprint density at radius 2 is 1.24 bits per heavy atom. The highest BCUT2D eigenvalue weighted by atomic mass is 32.1. The Balaban J connectivity index is 3.35. The van der Waals surface area contributed by atoms with Crippen LogP contribution in [0.1, 0.15) is 45.1 Å². The minimum Gasteiger partial charge on any atom is -0.508 e. The van der Waals surface area contributed by atoms with Crippen LogP contribution in [0.25, 0.3) is 0 Å². The van der Waals surface area contributed by atoms with Gasteiger partial charge in [0.1, 0.15) is 36.0 Å². The topological polar surface area (TPSA) is 315 Å². The van der Waals surface area contributed by atoms with Gasteiger partial charge in [-0.3, -0.25) is 33.6 Å². The van der Waals surface area contributed by atoms with Gasteiger partial charge in [-0.15, -0.1) is 0 Å². The van der Waals surface area contributed by atoms with Crippen LogP contribution in [0.15, 0.2) is 24.3 Å². The number of phenols is 1. The largest absolute Gasteiger partial charge is 0.508 e. The zero-order chi connectivity index (χ0) is 38.1. The van der Waals surface area contributed by atoms with Gasteiger partial charge in [-0.25, -0.2) is 4.79 Å². The van der Waals surface area contributed by atoms with Crippen molar-refractivity contribution in [2.24, 2.45) is 23.1 Å². The Labute approximate surface area is 299 Å². The molecule has 1 aromatic carbocycles. The smallest absolute Gasteiger partial charge is 0.327 e. The zero-order valence-corrected chi connectivity index (χ0v) is 29.4. The Bertz CT molecular complexity index is 1380. The summed E-state index contributed by atoms with van der Waals surface area (Å²) in [4.78, 5) is 101. The number of primary amides is 2. The van der Waals surface area contributed by atoms with Gasteiger partial charge in [-0.2, -0.15) is 25.3 Å². The summed E-state index contributed by atoms with van der Waals surface area (Å²) in [5.74, 6) is -8.69. The van der Waals surface area contributed by atoms with Crippen molar-refractivity contribution < 1.29 is 48.6 Å². The first kappa shape index (κ1) is 43.5. The lowest BCUT2D eigenvalue weighted by atomic mass is 9.96. The van der Waals surface area contributed by atoms with E-state index >= 15 is 0 Å². The van der Waals surface area contributed by atoms with Crippen molar-refractivity contribution in [2.45, 2.75) is 82.2 Å². The van der Waals surface area contributed by atoms with Crippen LogP contribution < -0.4 is 43.8 Å². The number of rotatable bonds is 22. The van der Waals surface area contributed by atoms with E-state index in [1.807, 2.05) is 0 Å². The van der Waals surface area contributed by atoms with E-state index in [9.17, 15) is 48.6 Å². The molecule has 7 atom stereocenters. The minimum atomic E-state index is -1.67. The SMILES string of the molecule is CC[C@H](C)[C@H](NC(=O)[C@H](Cc1ccc(O)cc1)NC(=O)[C@@H](N)CS)C(=O)N[C@@H](CCC(N)=O)C(=O)N[C@@H](CC(N)=O)C(=O)N[C@@H](CS)C(=O)O. The lowest BCUT2D eigenvalue weighted by Gasteiger charge is -2.29. The molecular weight excluding hydrogens is 697 g/mol. The van der Waals surface area contributed by atoms with E-state index in [0.717, 1.165) is 0 Å². The van der Waals surface area contributed by atoms with Crippen LogP contribution in [0.5, 0.6) is 5.75 Å². The van der Waals surface area contributed by atoms with Crippen molar-refractivity contribution >= 4 is 72.6 Å². The van der Waals surface area contributed by atoms with Gasteiger partial charge in [0.05, 0.1) is 12.5 Å². The number of hydrogen-bond acceptors (Lipinski definition) is 12. The standard InChI is InChI=1S/C30H46N8O10S2/c1-3-14(2)24(38-28(45)19(35-25(42)17(31)12-49)10-15-4-6-16(39)7-5-15)29(46)34-18(8-9-22(32)40)26(43)36-20(11-23(33)41)27(44)37-21(13-50)30(47)48/h4-7,14,17-21,24,39,49-50H,3,8-13,31H2,1-2H3,(H2,32,40)(H2,33,41)(H,34,46)(H,35,42)(H,36,43)(H,37,44)(H,38,45)(H,47,48)/t14-,17-,18-,19-,20-,21-,24-/m0/s1. The Morgan fingerprint density at radius 1 is 0.720 bits per heavy atom. The molecule has 0 saturated heterocycles. The number of carbonyl (C=O) groups excluding carboxylic acids is 7.